The molecule has 2 rings (SSSR count). The molecule has 4 heteroatoms. The van der Waals surface area contributed by atoms with E-state index in [1.807, 2.05) is 26.0 Å². The van der Waals surface area contributed by atoms with Gasteiger partial charge in [-0.05, 0) is 12.1 Å². The van der Waals surface area contributed by atoms with Crippen molar-refractivity contribution in [2.45, 2.75) is 20.4 Å². The second-order valence-electron chi connectivity index (χ2n) is 4.95. The zero-order chi connectivity index (χ0) is 13.0. The minimum absolute atomic E-state index is 0.0249. The minimum Gasteiger partial charge on any atom is -0.379 e. The first-order valence-corrected chi connectivity index (χ1v) is 6.46. The Balaban J connectivity index is 1.96. The van der Waals surface area contributed by atoms with E-state index in [1.165, 1.54) is 0 Å². The van der Waals surface area contributed by atoms with Gasteiger partial charge in [0.1, 0.15) is 0 Å². The van der Waals surface area contributed by atoms with Gasteiger partial charge in [-0.25, -0.2) is 0 Å². The van der Waals surface area contributed by atoms with Gasteiger partial charge >= 0.3 is 0 Å². The number of Topliss-reactive ketones (excluding diaryl/α,β-unsaturated/α-hetero) is 1. The fourth-order valence-electron chi connectivity index (χ4n) is 1.99. The monoisotopic (exact) mass is 248 g/mol. The van der Waals surface area contributed by atoms with Crippen molar-refractivity contribution in [2.75, 3.05) is 26.3 Å². The topological polar surface area (TPSA) is 42.4 Å². The van der Waals surface area contributed by atoms with Crippen molar-refractivity contribution in [1.29, 1.82) is 0 Å². The van der Waals surface area contributed by atoms with Crippen LogP contribution >= 0.6 is 0 Å². The van der Waals surface area contributed by atoms with Crippen molar-refractivity contribution in [3.05, 3.63) is 29.6 Å². The van der Waals surface area contributed by atoms with Crippen molar-refractivity contribution >= 4 is 5.78 Å². The van der Waals surface area contributed by atoms with E-state index >= 15 is 0 Å². The molecule has 1 saturated heterocycles. The number of nitrogens with zero attached hydrogens (tertiary/aromatic N) is 2. The van der Waals surface area contributed by atoms with Gasteiger partial charge in [-0.3, -0.25) is 14.7 Å². The number of pyridine rings is 1. The first-order chi connectivity index (χ1) is 8.66. The van der Waals surface area contributed by atoms with E-state index in [-0.39, 0.29) is 11.7 Å². The Morgan fingerprint density at radius 1 is 1.39 bits per heavy atom. The Morgan fingerprint density at radius 3 is 2.67 bits per heavy atom. The normalized spacial score (nSPS) is 17.1. The van der Waals surface area contributed by atoms with E-state index in [1.54, 1.807) is 6.20 Å². The van der Waals surface area contributed by atoms with Gasteiger partial charge in [-0.1, -0.05) is 13.8 Å². The second kappa shape index (κ2) is 6.07. The molecule has 1 aromatic rings. The van der Waals surface area contributed by atoms with Gasteiger partial charge in [0.05, 0.1) is 18.9 Å². The Hall–Kier alpha value is -1.26. The van der Waals surface area contributed by atoms with Gasteiger partial charge < -0.3 is 4.74 Å². The third-order valence-corrected chi connectivity index (χ3v) is 3.12. The van der Waals surface area contributed by atoms with Crippen LogP contribution in [-0.2, 0) is 11.3 Å². The van der Waals surface area contributed by atoms with Gasteiger partial charge in [0.25, 0.3) is 0 Å². The van der Waals surface area contributed by atoms with E-state index in [0.29, 0.717) is 5.56 Å². The lowest BCUT2D eigenvalue weighted by Gasteiger charge is -2.26. The third kappa shape index (κ3) is 3.37. The highest BCUT2D eigenvalue weighted by Crippen LogP contribution is 2.10. The number of ketones is 1. The maximum absolute atomic E-state index is 11.8. The summed E-state index contributed by atoms with van der Waals surface area (Å²) in [6.07, 6.45) is 1.69. The second-order valence-corrected chi connectivity index (χ2v) is 4.95. The molecule has 1 fully saturated rings. The van der Waals surface area contributed by atoms with E-state index < -0.39 is 0 Å². The fourth-order valence-corrected chi connectivity index (χ4v) is 1.99. The van der Waals surface area contributed by atoms with Gasteiger partial charge in [0.2, 0.25) is 0 Å². The van der Waals surface area contributed by atoms with E-state index in [0.717, 1.165) is 38.5 Å². The molecule has 1 aliphatic rings. The highest BCUT2D eigenvalue weighted by atomic mass is 16.5. The summed E-state index contributed by atoms with van der Waals surface area (Å²) in [6.45, 7) is 8.14. The van der Waals surface area contributed by atoms with Crippen LogP contribution in [0.15, 0.2) is 18.3 Å². The molecule has 0 unspecified atom stereocenters. The average molecular weight is 248 g/mol. The summed E-state index contributed by atoms with van der Waals surface area (Å²) in [5, 5.41) is 0. The van der Waals surface area contributed by atoms with Crippen LogP contribution in [0, 0.1) is 5.92 Å². The smallest absolute Gasteiger partial charge is 0.166 e. The summed E-state index contributed by atoms with van der Waals surface area (Å²) in [5.74, 6) is 0.178. The maximum Gasteiger partial charge on any atom is 0.166 e. The number of aromatic nitrogens is 1. The molecule has 0 bridgehead atoms. The lowest BCUT2D eigenvalue weighted by Crippen LogP contribution is -2.35. The molecule has 98 valence electrons. The van der Waals surface area contributed by atoms with Crippen molar-refractivity contribution < 1.29 is 9.53 Å². The van der Waals surface area contributed by atoms with Crippen molar-refractivity contribution in [1.82, 2.24) is 9.88 Å². The van der Waals surface area contributed by atoms with Crippen LogP contribution in [0.5, 0.6) is 0 Å². The minimum atomic E-state index is 0.0249. The molecular formula is C14H20N2O2. The van der Waals surface area contributed by atoms with Crippen molar-refractivity contribution in [2.24, 2.45) is 5.92 Å². The summed E-state index contributed by atoms with van der Waals surface area (Å²) in [5.41, 5.74) is 1.72. The maximum atomic E-state index is 11.8. The molecule has 0 aliphatic carbocycles. The van der Waals surface area contributed by atoms with Crippen LogP contribution in [0.25, 0.3) is 0 Å². The Bertz CT molecular complexity index is 395. The van der Waals surface area contributed by atoms with Crippen LogP contribution in [0.3, 0.4) is 0 Å². The Kier molecular flexibility index (Phi) is 4.44. The van der Waals surface area contributed by atoms with E-state index in [9.17, 15) is 4.79 Å². The van der Waals surface area contributed by atoms with Gasteiger partial charge in [-0.15, -0.1) is 0 Å². The van der Waals surface area contributed by atoms with Gasteiger partial charge in [-0.2, -0.15) is 0 Å². The molecule has 0 aromatic carbocycles. The summed E-state index contributed by atoms with van der Waals surface area (Å²) in [4.78, 5) is 18.5. The average Bonchev–Trinajstić information content (AvgIpc) is 2.40. The number of carbonyl (C=O) groups is 1. The highest BCUT2D eigenvalue weighted by Gasteiger charge is 2.13. The lowest BCUT2D eigenvalue weighted by atomic mass is 10.0. The molecule has 0 spiro atoms. The predicted molar refractivity (Wildman–Crippen MR) is 69.5 cm³/mol. The molecule has 0 amide bonds. The zero-order valence-corrected chi connectivity index (χ0v) is 11.1. The number of ether oxygens (including phenoxy) is 1. The summed E-state index contributed by atoms with van der Waals surface area (Å²) in [6, 6.07) is 3.83. The van der Waals surface area contributed by atoms with Gasteiger partial charge in [0, 0.05) is 37.3 Å². The SMILES string of the molecule is CC(C)C(=O)c1ccc(CN2CCOCC2)nc1. The first-order valence-electron chi connectivity index (χ1n) is 6.46. The van der Waals surface area contributed by atoms with E-state index in [2.05, 4.69) is 9.88 Å². The van der Waals surface area contributed by atoms with Crippen LogP contribution in [0.1, 0.15) is 29.9 Å². The standard InChI is InChI=1S/C14H20N2O2/c1-11(2)14(17)12-3-4-13(15-9-12)10-16-5-7-18-8-6-16/h3-4,9,11H,5-8,10H2,1-2H3. The van der Waals surface area contributed by atoms with Crippen LogP contribution in [0.2, 0.25) is 0 Å². The fraction of sp³-hybridized carbons (Fsp3) is 0.571. The highest BCUT2D eigenvalue weighted by molar-refractivity contribution is 5.97. The van der Waals surface area contributed by atoms with Crippen molar-refractivity contribution in [3.63, 3.8) is 0 Å². The molecule has 1 aromatic heterocycles. The number of hydrogen-bond donors (Lipinski definition) is 0. The molecule has 0 saturated carbocycles. The molecule has 0 N–H and O–H groups in total. The number of rotatable bonds is 4. The summed E-state index contributed by atoms with van der Waals surface area (Å²) < 4.78 is 5.31. The quantitative estimate of drug-likeness (QED) is 0.761. The Labute approximate surface area is 108 Å². The summed E-state index contributed by atoms with van der Waals surface area (Å²) >= 11 is 0. The zero-order valence-electron chi connectivity index (χ0n) is 11.1. The van der Waals surface area contributed by atoms with E-state index in [4.69, 9.17) is 4.74 Å². The van der Waals surface area contributed by atoms with Gasteiger partial charge in [0.15, 0.2) is 5.78 Å². The first kappa shape index (κ1) is 13.2. The molecule has 2 heterocycles. The third-order valence-electron chi connectivity index (χ3n) is 3.12. The Morgan fingerprint density at radius 2 is 2.11 bits per heavy atom. The molecule has 0 atom stereocenters. The molecular weight excluding hydrogens is 228 g/mol. The van der Waals surface area contributed by atoms with Crippen LogP contribution in [0.4, 0.5) is 0 Å². The van der Waals surface area contributed by atoms with Crippen LogP contribution < -0.4 is 0 Å². The predicted octanol–water partition coefficient (Wildman–Crippen LogP) is 1.75. The molecule has 4 nitrogen and oxygen atoms in total. The molecule has 18 heavy (non-hydrogen) atoms. The number of carbonyl (C=O) groups excluding carboxylic acids is 1. The van der Waals surface area contributed by atoms with Crippen molar-refractivity contribution in [3.8, 4) is 0 Å². The van der Waals surface area contributed by atoms with Crippen LogP contribution in [-0.4, -0.2) is 42.0 Å². The number of hydrogen-bond acceptors (Lipinski definition) is 4. The summed E-state index contributed by atoms with van der Waals surface area (Å²) in [7, 11) is 0. The largest absolute Gasteiger partial charge is 0.379 e. The number of morpholine rings is 1. The molecule has 0 radical (unpaired) electrons. The lowest BCUT2D eigenvalue weighted by molar-refractivity contribution is 0.0336. The molecule has 1 aliphatic heterocycles.